The lowest BCUT2D eigenvalue weighted by molar-refractivity contribution is -0.0650. The molecule has 0 bridgehead atoms. The second kappa shape index (κ2) is 14.0. The molecular weight excluding hydrogens is 388 g/mol. The third-order valence-electron chi connectivity index (χ3n) is 3.72. The largest absolute Gasteiger partial charge is 0.366 e. The lowest BCUT2D eigenvalue weighted by atomic mass is 10.1. The van der Waals surface area contributed by atoms with Crippen molar-refractivity contribution in [2.24, 2.45) is 10.1 Å². The third-order valence-corrected chi connectivity index (χ3v) is 4.45. The number of aliphatic hydroxyl groups excluding tert-OH is 1. The van der Waals surface area contributed by atoms with E-state index in [4.69, 9.17) is 9.88 Å². The van der Waals surface area contributed by atoms with E-state index in [9.17, 15) is 9.32 Å². The van der Waals surface area contributed by atoms with Crippen molar-refractivity contribution in [3.05, 3.63) is 60.2 Å². The summed E-state index contributed by atoms with van der Waals surface area (Å²) in [6.07, 6.45) is 0.837. The minimum absolute atomic E-state index is 0.113. The number of hydrogen-bond acceptors (Lipinski definition) is 5. The highest BCUT2D eigenvalue weighted by atomic mass is 32.2. The quantitative estimate of drug-likeness (QED) is 0.264. The first-order chi connectivity index (χ1) is 14.0. The maximum atomic E-state index is 11.4. The van der Waals surface area contributed by atoms with Crippen LogP contribution in [0.2, 0.25) is 0 Å². The first-order valence-corrected chi connectivity index (χ1v) is 10.7. The second-order valence-corrected chi connectivity index (χ2v) is 7.23. The molecule has 0 fully saturated rings. The number of nitrogens with one attached hydrogen (secondary N) is 1. The Morgan fingerprint density at radius 3 is 2.28 bits per heavy atom. The van der Waals surface area contributed by atoms with E-state index in [1.807, 2.05) is 42.5 Å². The van der Waals surface area contributed by atoms with Gasteiger partial charge in [-0.25, -0.2) is 14.8 Å². The molecule has 0 radical (unpaired) electrons. The summed E-state index contributed by atoms with van der Waals surface area (Å²) in [5, 5.41) is 16.9. The molecule has 8 heteroatoms. The summed E-state index contributed by atoms with van der Waals surface area (Å²) in [7, 11) is 1.68. The highest BCUT2D eigenvalue weighted by Crippen LogP contribution is 2.17. The Kier molecular flexibility index (Phi) is 12.0. The van der Waals surface area contributed by atoms with Crippen LogP contribution in [0.5, 0.6) is 0 Å². The molecule has 2 atom stereocenters. The summed E-state index contributed by atoms with van der Waals surface area (Å²) in [5.74, 6) is 0.705. The highest BCUT2D eigenvalue weighted by Gasteiger charge is 2.14. The fourth-order valence-electron chi connectivity index (χ4n) is 2.38. The predicted octanol–water partition coefficient (Wildman–Crippen LogP) is 2.63. The SMILES string of the molecule is CCC.CNN(C(Cc1ccccc1)=NCC(O)OC)c1ccc(S(N)=O)cc1. The van der Waals surface area contributed by atoms with Crippen LogP contribution < -0.4 is 15.6 Å². The smallest absolute Gasteiger partial charge is 0.173 e. The van der Waals surface area contributed by atoms with Crippen molar-refractivity contribution >= 4 is 22.5 Å². The number of aliphatic hydroxyl groups is 1. The van der Waals surface area contributed by atoms with E-state index in [2.05, 4.69) is 24.3 Å². The molecule has 0 saturated heterocycles. The molecule has 4 N–H and O–H groups in total. The monoisotopic (exact) mass is 420 g/mol. The number of nitrogens with two attached hydrogens (primary N) is 1. The number of anilines is 1. The van der Waals surface area contributed by atoms with E-state index in [1.54, 1.807) is 24.2 Å². The van der Waals surface area contributed by atoms with Crippen molar-refractivity contribution in [3.8, 4) is 0 Å². The zero-order valence-corrected chi connectivity index (χ0v) is 18.4. The summed E-state index contributed by atoms with van der Waals surface area (Å²) in [4.78, 5) is 5.06. The average molecular weight is 421 g/mol. The first-order valence-electron chi connectivity index (χ1n) is 9.48. The number of methoxy groups -OCH3 is 1. The summed E-state index contributed by atoms with van der Waals surface area (Å²) >= 11 is 0. The summed E-state index contributed by atoms with van der Waals surface area (Å²) < 4.78 is 16.2. The van der Waals surface area contributed by atoms with Gasteiger partial charge in [0.1, 0.15) is 16.8 Å². The Hall–Kier alpha value is -2.10. The first kappa shape index (κ1) is 24.9. The van der Waals surface area contributed by atoms with Crippen molar-refractivity contribution in [2.75, 3.05) is 25.7 Å². The molecule has 2 unspecified atom stereocenters. The summed E-state index contributed by atoms with van der Waals surface area (Å²) in [5.41, 5.74) is 4.99. The van der Waals surface area contributed by atoms with Crippen LogP contribution in [0.15, 0.2) is 64.5 Å². The zero-order chi connectivity index (χ0) is 21.6. The molecule has 0 aliphatic carbocycles. The number of hydrogen-bond donors (Lipinski definition) is 3. The van der Waals surface area contributed by atoms with Gasteiger partial charge in [-0.1, -0.05) is 50.6 Å². The predicted molar refractivity (Wildman–Crippen MR) is 120 cm³/mol. The Morgan fingerprint density at radius 2 is 1.79 bits per heavy atom. The number of ether oxygens (including phenoxy) is 1. The van der Waals surface area contributed by atoms with E-state index in [0.29, 0.717) is 17.2 Å². The topological polar surface area (TPSA) is 100 Å². The molecule has 2 rings (SSSR count). The zero-order valence-electron chi connectivity index (χ0n) is 17.5. The van der Waals surface area contributed by atoms with E-state index in [-0.39, 0.29) is 6.54 Å². The molecule has 0 heterocycles. The normalized spacial score (nSPS) is 13.2. The molecule has 2 aromatic rings. The van der Waals surface area contributed by atoms with Crippen LogP contribution in [-0.2, 0) is 22.1 Å². The van der Waals surface area contributed by atoms with Crippen LogP contribution in [0, 0.1) is 0 Å². The third kappa shape index (κ3) is 8.84. The lowest BCUT2D eigenvalue weighted by Gasteiger charge is -2.26. The van der Waals surface area contributed by atoms with Crippen LogP contribution in [0.25, 0.3) is 0 Å². The molecule has 0 aromatic heterocycles. The van der Waals surface area contributed by atoms with Gasteiger partial charge in [0.2, 0.25) is 0 Å². The van der Waals surface area contributed by atoms with Crippen molar-refractivity contribution in [1.82, 2.24) is 5.43 Å². The summed E-state index contributed by atoms with van der Waals surface area (Å²) in [6, 6.07) is 16.9. The number of rotatable bonds is 8. The van der Waals surface area contributed by atoms with Gasteiger partial charge in [-0.3, -0.25) is 10.0 Å². The average Bonchev–Trinajstić information content (AvgIpc) is 2.73. The molecule has 0 aliphatic rings. The van der Waals surface area contributed by atoms with Gasteiger partial charge in [-0.2, -0.15) is 0 Å². The number of hydrazine groups is 1. The highest BCUT2D eigenvalue weighted by molar-refractivity contribution is 7.82. The molecular formula is C21H32N4O3S. The molecule has 0 amide bonds. The maximum Gasteiger partial charge on any atom is 0.173 e. The number of nitrogens with zero attached hydrogens (tertiary/aromatic N) is 2. The van der Waals surface area contributed by atoms with Crippen LogP contribution >= 0.6 is 0 Å². The van der Waals surface area contributed by atoms with E-state index >= 15 is 0 Å². The molecule has 0 saturated carbocycles. The van der Waals surface area contributed by atoms with E-state index in [0.717, 1.165) is 11.3 Å². The number of benzene rings is 2. The van der Waals surface area contributed by atoms with Gasteiger partial charge in [0.05, 0.1) is 17.1 Å². The van der Waals surface area contributed by atoms with Gasteiger partial charge in [-0.15, -0.1) is 0 Å². The second-order valence-electron chi connectivity index (χ2n) is 6.17. The molecule has 29 heavy (non-hydrogen) atoms. The fraction of sp³-hybridized carbons (Fsp3) is 0.381. The maximum absolute atomic E-state index is 11.4. The molecule has 160 valence electrons. The van der Waals surface area contributed by atoms with Crippen molar-refractivity contribution < 1.29 is 14.1 Å². The minimum Gasteiger partial charge on any atom is -0.366 e. The molecule has 2 aromatic carbocycles. The van der Waals surface area contributed by atoms with E-state index in [1.165, 1.54) is 13.5 Å². The van der Waals surface area contributed by atoms with Gasteiger partial charge in [0.15, 0.2) is 6.29 Å². The minimum atomic E-state index is -1.52. The van der Waals surface area contributed by atoms with Crippen LogP contribution in [0.1, 0.15) is 25.8 Å². The Balaban J connectivity index is 0.00000132. The van der Waals surface area contributed by atoms with Crippen LogP contribution in [-0.4, -0.2) is 42.1 Å². The van der Waals surface area contributed by atoms with Gasteiger partial charge in [0, 0.05) is 20.6 Å². The lowest BCUT2D eigenvalue weighted by Crippen LogP contribution is -2.42. The Morgan fingerprint density at radius 1 is 1.21 bits per heavy atom. The van der Waals surface area contributed by atoms with E-state index < -0.39 is 17.3 Å². The Bertz CT molecular complexity index is 754. The number of aliphatic imine (C=N–C) groups is 1. The van der Waals surface area contributed by atoms with Gasteiger partial charge in [-0.05, 0) is 29.8 Å². The Labute approximate surface area is 176 Å². The molecule has 7 nitrogen and oxygen atoms in total. The van der Waals surface area contributed by atoms with Gasteiger partial charge in [0.25, 0.3) is 0 Å². The molecule has 0 spiro atoms. The van der Waals surface area contributed by atoms with Crippen molar-refractivity contribution in [3.63, 3.8) is 0 Å². The number of amidine groups is 1. The van der Waals surface area contributed by atoms with Crippen molar-refractivity contribution in [2.45, 2.75) is 37.9 Å². The molecule has 0 aliphatic heterocycles. The van der Waals surface area contributed by atoms with Gasteiger partial charge < -0.3 is 9.84 Å². The van der Waals surface area contributed by atoms with Crippen molar-refractivity contribution in [1.29, 1.82) is 0 Å². The van der Waals surface area contributed by atoms with Crippen LogP contribution in [0.4, 0.5) is 5.69 Å². The van der Waals surface area contributed by atoms with Crippen LogP contribution in [0.3, 0.4) is 0 Å². The summed E-state index contributed by atoms with van der Waals surface area (Å²) in [6.45, 7) is 4.36. The fourth-order valence-corrected chi connectivity index (χ4v) is 2.78. The van der Waals surface area contributed by atoms with Gasteiger partial charge >= 0.3 is 0 Å². The standard InChI is InChI=1S/C18H24N4O3S.C3H8/c1-20-22(15-8-10-16(11-9-15)26(19)24)17(21-13-18(23)25-2)12-14-6-4-3-5-7-14;1-3-2/h3-11,18,20,23H,12-13,19H2,1-2H3;3H2,1-2H3.